The van der Waals surface area contributed by atoms with Crippen LogP contribution < -0.4 is 16.3 Å². The molecule has 0 radical (unpaired) electrons. The van der Waals surface area contributed by atoms with Gasteiger partial charge in [0, 0.05) is 28.2 Å². The summed E-state index contributed by atoms with van der Waals surface area (Å²) >= 11 is 2.08. The Kier molecular flexibility index (Phi) is 8.71. The Morgan fingerprint density at radius 1 is 1.07 bits per heavy atom. The zero-order valence-electron chi connectivity index (χ0n) is 18.6. The zero-order valence-corrected chi connectivity index (χ0v) is 19.5. The van der Waals surface area contributed by atoms with Crippen LogP contribution in [0.1, 0.15) is 43.2 Å². The Hall–Kier alpha value is -1.91. The van der Waals surface area contributed by atoms with E-state index >= 15 is 0 Å². The Bertz CT molecular complexity index is 918. The zero-order chi connectivity index (χ0) is 21.3. The van der Waals surface area contributed by atoms with Gasteiger partial charge in [0.1, 0.15) is 0 Å². The van der Waals surface area contributed by atoms with Gasteiger partial charge in [-0.25, -0.2) is 0 Å². The van der Waals surface area contributed by atoms with E-state index in [1.807, 2.05) is 0 Å². The van der Waals surface area contributed by atoms with Crippen molar-refractivity contribution in [3.63, 3.8) is 0 Å². The number of piperidine rings is 1. The molecule has 3 nitrogen and oxygen atoms in total. The molecule has 162 valence electrons. The topological polar surface area (TPSA) is 34.2 Å². The lowest BCUT2D eigenvalue weighted by Crippen LogP contribution is -2.36. The monoisotopic (exact) mass is 423 g/mol. The molecule has 1 saturated heterocycles. The quantitative estimate of drug-likeness (QED) is 0.756. The van der Waals surface area contributed by atoms with Crippen molar-refractivity contribution in [3.8, 4) is 0 Å². The van der Waals surface area contributed by atoms with Gasteiger partial charge in [0.15, 0.2) is 0 Å². The Labute approximate surface area is 186 Å². The highest BCUT2D eigenvalue weighted by Gasteiger charge is 2.19. The van der Waals surface area contributed by atoms with Crippen molar-refractivity contribution >= 4 is 23.9 Å². The maximum atomic E-state index is 4.61. The van der Waals surface area contributed by atoms with Gasteiger partial charge in [-0.05, 0) is 94.7 Å². The van der Waals surface area contributed by atoms with Crippen molar-refractivity contribution in [1.29, 1.82) is 0 Å². The highest BCUT2D eigenvalue weighted by Crippen LogP contribution is 2.30. The highest BCUT2D eigenvalue weighted by molar-refractivity contribution is 8.00. The van der Waals surface area contributed by atoms with Crippen molar-refractivity contribution in [3.05, 3.63) is 64.9 Å². The number of aromatic nitrogens is 1. The van der Waals surface area contributed by atoms with E-state index in [1.54, 1.807) is 0 Å². The molecular formula is C26H37N3S. The van der Waals surface area contributed by atoms with E-state index in [9.17, 15) is 0 Å². The van der Waals surface area contributed by atoms with Crippen molar-refractivity contribution in [2.75, 3.05) is 19.6 Å². The van der Waals surface area contributed by atoms with Gasteiger partial charge in [0.2, 0.25) is 0 Å². The van der Waals surface area contributed by atoms with E-state index in [0.717, 1.165) is 11.8 Å². The molecule has 0 bridgehead atoms. The fourth-order valence-corrected chi connectivity index (χ4v) is 5.50. The molecule has 1 fully saturated rings. The molecule has 1 aromatic carbocycles. The number of nitrogens with zero attached hydrogens (tertiary/aromatic N) is 2. The third-order valence-corrected chi connectivity index (χ3v) is 7.29. The SMILES string of the molecule is C=CN.Cc1ccc(SC2CCN(CCCn3cc(C)c4c3=CCCC=4)CC2)cc1. The number of hydrogen-bond donors (Lipinski definition) is 1. The summed E-state index contributed by atoms with van der Waals surface area (Å²) in [6.07, 6.45) is 14.7. The molecule has 2 heterocycles. The Morgan fingerprint density at radius 3 is 2.43 bits per heavy atom. The summed E-state index contributed by atoms with van der Waals surface area (Å²) in [7, 11) is 0. The minimum atomic E-state index is 0.785. The van der Waals surface area contributed by atoms with Gasteiger partial charge < -0.3 is 15.2 Å². The summed E-state index contributed by atoms with van der Waals surface area (Å²) in [4.78, 5) is 4.10. The van der Waals surface area contributed by atoms with E-state index in [4.69, 9.17) is 0 Å². The summed E-state index contributed by atoms with van der Waals surface area (Å²) in [5, 5.41) is 3.73. The van der Waals surface area contributed by atoms with Gasteiger partial charge >= 0.3 is 0 Å². The second-order valence-corrected chi connectivity index (χ2v) is 9.72. The largest absolute Gasteiger partial charge is 0.405 e. The van der Waals surface area contributed by atoms with Crippen molar-refractivity contribution in [2.24, 2.45) is 5.73 Å². The highest BCUT2D eigenvalue weighted by atomic mass is 32.2. The predicted octanol–water partition coefficient (Wildman–Crippen LogP) is 4.20. The molecule has 0 spiro atoms. The number of rotatable bonds is 6. The van der Waals surface area contributed by atoms with E-state index in [1.165, 1.54) is 84.5 Å². The lowest BCUT2D eigenvalue weighted by Gasteiger charge is -2.31. The van der Waals surface area contributed by atoms with Gasteiger partial charge in [-0.2, -0.15) is 0 Å². The first-order chi connectivity index (χ1) is 14.6. The third kappa shape index (κ3) is 6.29. The van der Waals surface area contributed by atoms with E-state index in [2.05, 4.69) is 90.0 Å². The molecule has 1 aliphatic carbocycles. The van der Waals surface area contributed by atoms with Crippen LogP contribution in [0, 0.1) is 13.8 Å². The minimum Gasteiger partial charge on any atom is -0.405 e. The van der Waals surface area contributed by atoms with E-state index in [-0.39, 0.29) is 0 Å². The van der Waals surface area contributed by atoms with E-state index < -0.39 is 0 Å². The maximum Gasteiger partial charge on any atom is 0.0439 e. The van der Waals surface area contributed by atoms with Gasteiger partial charge in [0.05, 0.1) is 0 Å². The Balaban J connectivity index is 0.000000806. The van der Waals surface area contributed by atoms with Crippen LogP contribution in [0.2, 0.25) is 0 Å². The number of fused-ring (bicyclic) bond motifs is 1. The Morgan fingerprint density at radius 2 is 1.73 bits per heavy atom. The minimum absolute atomic E-state index is 0.785. The fourth-order valence-electron chi connectivity index (χ4n) is 4.38. The standard InChI is InChI=1S/C24H32N2S.C2H5N/c1-19-8-10-21(11-9-19)27-22-12-16-25(17-13-22)14-5-15-26-18-20(2)23-6-3-4-7-24(23)26;1-2-3/h6-11,18,22H,3-5,12-17H2,1-2H3;2H,1,3H2. The third-order valence-electron chi connectivity index (χ3n) is 5.94. The number of thioether (sulfide) groups is 1. The summed E-state index contributed by atoms with van der Waals surface area (Å²) in [6, 6.07) is 9.02. The van der Waals surface area contributed by atoms with Crippen LogP contribution in [0.4, 0.5) is 0 Å². The molecule has 30 heavy (non-hydrogen) atoms. The van der Waals surface area contributed by atoms with Crippen molar-refractivity contribution in [1.82, 2.24) is 9.47 Å². The van der Waals surface area contributed by atoms with Crippen molar-refractivity contribution in [2.45, 2.75) is 62.6 Å². The average Bonchev–Trinajstić information content (AvgIpc) is 3.08. The van der Waals surface area contributed by atoms with E-state index in [0.29, 0.717) is 0 Å². The molecule has 1 aromatic heterocycles. The summed E-state index contributed by atoms with van der Waals surface area (Å²) in [5.41, 5.74) is 7.40. The van der Waals surface area contributed by atoms with Gasteiger partial charge in [0.25, 0.3) is 0 Å². The summed E-state index contributed by atoms with van der Waals surface area (Å²) in [6.45, 7) is 12.4. The number of nitrogens with two attached hydrogens (primary N) is 1. The van der Waals surface area contributed by atoms with Crippen LogP contribution in [0.25, 0.3) is 12.2 Å². The van der Waals surface area contributed by atoms with Crippen LogP contribution in [-0.2, 0) is 6.54 Å². The second-order valence-electron chi connectivity index (χ2n) is 8.35. The molecule has 0 atom stereocenters. The molecule has 4 heteroatoms. The van der Waals surface area contributed by atoms with Crippen LogP contribution in [0.15, 0.2) is 48.1 Å². The normalized spacial score (nSPS) is 16.6. The number of benzene rings is 1. The number of hydrogen-bond acceptors (Lipinski definition) is 3. The first kappa shape index (κ1) is 22.8. The summed E-state index contributed by atoms with van der Waals surface area (Å²) in [5.74, 6) is 0. The molecule has 1 aliphatic heterocycles. The predicted molar refractivity (Wildman–Crippen MR) is 132 cm³/mol. The van der Waals surface area contributed by atoms with Crippen molar-refractivity contribution < 1.29 is 0 Å². The molecule has 0 saturated carbocycles. The first-order valence-electron chi connectivity index (χ1n) is 11.2. The number of aryl methyl sites for hydroxylation is 3. The first-order valence-corrected chi connectivity index (χ1v) is 12.1. The molecule has 0 amide bonds. The van der Waals surface area contributed by atoms with Crippen LogP contribution in [0.5, 0.6) is 0 Å². The van der Waals surface area contributed by atoms with Crippen LogP contribution in [-0.4, -0.2) is 34.4 Å². The van der Waals surface area contributed by atoms with Gasteiger partial charge in [-0.1, -0.05) is 36.4 Å². The fraction of sp³-hybridized carbons (Fsp3) is 0.462. The molecule has 4 rings (SSSR count). The van der Waals surface area contributed by atoms with Crippen LogP contribution in [0.3, 0.4) is 0 Å². The molecule has 0 unspecified atom stereocenters. The lowest BCUT2D eigenvalue weighted by atomic mass is 10.1. The van der Waals surface area contributed by atoms with Gasteiger partial charge in [-0.15, -0.1) is 11.8 Å². The smallest absolute Gasteiger partial charge is 0.0439 e. The molecule has 2 aliphatic rings. The molecule has 2 N–H and O–H groups in total. The lowest BCUT2D eigenvalue weighted by molar-refractivity contribution is 0.226. The van der Waals surface area contributed by atoms with Crippen LogP contribution >= 0.6 is 11.8 Å². The molecule has 2 aromatic rings. The maximum absolute atomic E-state index is 4.61. The number of likely N-dealkylation sites (tertiary alicyclic amines) is 1. The van der Waals surface area contributed by atoms with Gasteiger partial charge in [-0.3, -0.25) is 0 Å². The average molecular weight is 424 g/mol. The molecular weight excluding hydrogens is 386 g/mol. The second kappa shape index (κ2) is 11.5. The summed E-state index contributed by atoms with van der Waals surface area (Å²) < 4.78 is 2.49.